The molecule has 0 unspecified atom stereocenters. The molecule has 2 aromatic rings. The van der Waals surface area contributed by atoms with E-state index in [1.807, 2.05) is 0 Å². The van der Waals surface area contributed by atoms with Gasteiger partial charge >= 0.3 is 6.18 Å². The summed E-state index contributed by atoms with van der Waals surface area (Å²) in [5.74, 6) is -0.894. The third-order valence-electron chi connectivity index (χ3n) is 4.64. The van der Waals surface area contributed by atoms with Crippen LogP contribution in [0.1, 0.15) is 33.8 Å². The van der Waals surface area contributed by atoms with Gasteiger partial charge in [0.25, 0.3) is 5.91 Å². The van der Waals surface area contributed by atoms with E-state index in [1.54, 1.807) is 12.1 Å². The molecule has 25 heavy (non-hydrogen) atoms. The highest BCUT2D eigenvalue weighted by Crippen LogP contribution is 2.38. The van der Waals surface area contributed by atoms with Gasteiger partial charge in [0.1, 0.15) is 5.69 Å². The third-order valence-corrected chi connectivity index (χ3v) is 5.73. The summed E-state index contributed by atoms with van der Waals surface area (Å²) in [4.78, 5) is 17.7. The molecule has 5 rings (SSSR count). The fraction of sp³-hybridized carbons (Fsp3) is 0.438. The van der Waals surface area contributed by atoms with Gasteiger partial charge in [-0.3, -0.25) is 9.79 Å². The Morgan fingerprint density at radius 2 is 2.12 bits per heavy atom. The van der Waals surface area contributed by atoms with E-state index < -0.39 is 11.9 Å². The highest BCUT2D eigenvalue weighted by molar-refractivity contribution is 7.17. The number of hydrogen-bond donors (Lipinski definition) is 1. The molecular weight excluding hydrogens is 355 g/mol. The van der Waals surface area contributed by atoms with E-state index in [2.05, 4.69) is 20.0 Å². The van der Waals surface area contributed by atoms with Crippen LogP contribution in [0.2, 0.25) is 0 Å². The van der Waals surface area contributed by atoms with E-state index in [4.69, 9.17) is 0 Å². The van der Waals surface area contributed by atoms with E-state index in [1.165, 1.54) is 12.6 Å². The topological polar surface area (TPSA) is 67.5 Å². The van der Waals surface area contributed by atoms with Crippen LogP contribution in [0.5, 0.6) is 0 Å². The zero-order valence-electron chi connectivity index (χ0n) is 13.2. The lowest BCUT2D eigenvalue weighted by atomic mass is 9.75. The molecule has 1 fully saturated rings. The van der Waals surface area contributed by atoms with E-state index >= 15 is 0 Å². The molecule has 4 heterocycles. The minimum absolute atomic E-state index is 0.0289. The van der Waals surface area contributed by atoms with Crippen LogP contribution in [0.15, 0.2) is 21.6 Å². The number of hydrogen-bond acceptors (Lipinski definition) is 5. The molecule has 0 aromatic carbocycles. The molecule has 0 radical (unpaired) electrons. The molecule has 0 saturated heterocycles. The number of thiophene rings is 1. The van der Waals surface area contributed by atoms with Crippen molar-refractivity contribution in [3.05, 3.63) is 28.3 Å². The van der Waals surface area contributed by atoms with Gasteiger partial charge in [-0.05, 0) is 37.8 Å². The molecular formula is C16H14F3N3O2S. The molecule has 132 valence electrons. The number of fused-ring (bicyclic) bond motifs is 2. The highest BCUT2D eigenvalue weighted by Gasteiger charge is 2.39. The first kappa shape index (κ1) is 16.3. The number of halogens is 3. The molecule has 3 aliphatic rings. The molecule has 1 N–H and O–H groups in total. The number of carbonyl (C=O) groups excluding carboxylic acids is 1. The zero-order chi connectivity index (χ0) is 17.8. The number of aromatic nitrogens is 1. The van der Waals surface area contributed by atoms with Crippen molar-refractivity contribution < 1.29 is 22.5 Å². The van der Waals surface area contributed by atoms with Gasteiger partial charge in [0, 0.05) is 11.3 Å². The molecule has 2 aromatic heterocycles. The Hall–Kier alpha value is -2.16. The number of nitrogens with one attached hydrogen (secondary N) is 1. The van der Waals surface area contributed by atoms with Crippen molar-refractivity contribution in [2.45, 2.75) is 32.0 Å². The van der Waals surface area contributed by atoms with Crippen LogP contribution in [0.25, 0.3) is 10.6 Å². The van der Waals surface area contributed by atoms with Crippen LogP contribution in [0.4, 0.5) is 13.2 Å². The minimum atomic E-state index is -4.59. The Bertz CT molecular complexity index is 860. The van der Waals surface area contributed by atoms with Crippen molar-refractivity contribution in [2.75, 3.05) is 6.54 Å². The summed E-state index contributed by atoms with van der Waals surface area (Å²) in [5.41, 5.74) is 1.25. The fourth-order valence-electron chi connectivity index (χ4n) is 3.16. The zero-order valence-corrected chi connectivity index (χ0v) is 14.0. The van der Waals surface area contributed by atoms with E-state index in [-0.39, 0.29) is 23.2 Å². The van der Waals surface area contributed by atoms with Crippen molar-refractivity contribution in [1.82, 2.24) is 10.5 Å². The quantitative estimate of drug-likeness (QED) is 0.897. The summed E-state index contributed by atoms with van der Waals surface area (Å²) in [6, 6.07) is 3.21. The van der Waals surface area contributed by atoms with Crippen LogP contribution in [-0.4, -0.2) is 29.4 Å². The summed E-state index contributed by atoms with van der Waals surface area (Å²) in [6.07, 6.45) is -2.70. The lowest BCUT2D eigenvalue weighted by Crippen LogP contribution is -2.50. The molecule has 1 amide bonds. The number of amides is 1. The van der Waals surface area contributed by atoms with Gasteiger partial charge in [-0.25, -0.2) is 0 Å². The van der Waals surface area contributed by atoms with Crippen LogP contribution < -0.4 is 5.32 Å². The van der Waals surface area contributed by atoms with Crippen LogP contribution in [0.3, 0.4) is 0 Å². The third kappa shape index (κ3) is 2.86. The number of aliphatic imine (C=N–C) groups is 1. The average Bonchev–Trinajstić information content (AvgIpc) is 3.12. The first-order valence-electron chi connectivity index (χ1n) is 7.79. The second kappa shape index (κ2) is 5.69. The average molecular weight is 369 g/mol. The van der Waals surface area contributed by atoms with E-state index in [9.17, 15) is 18.0 Å². The van der Waals surface area contributed by atoms with Crippen LogP contribution >= 0.6 is 11.3 Å². The van der Waals surface area contributed by atoms with Crippen molar-refractivity contribution >= 4 is 23.0 Å². The summed E-state index contributed by atoms with van der Waals surface area (Å²) in [7, 11) is 0. The summed E-state index contributed by atoms with van der Waals surface area (Å²) < 4.78 is 42.9. The van der Waals surface area contributed by atoms with Gasteiger partial charge in [0.05, 0.1) is 22.3 Å². The highest BCUT2D eigenvalue weighted by atomic mass is 32.1. The van der Waals surface area contributed by atoms with Gasteiger partial charge < -0.3 is 9.84 Å². The van der Waals surface area contributed by atoms with Crippen molar-refractivity contribution in [1.29, 1.82) is 0 Å². The summed E-state index contributed by atoms with van der Waals surface area (Å²) in [6.45, 7) is 1.91. The maximum atomic E-state index is 12.8. The largest absolute Gasteiger partial charge is 0.452 e. The van der Waals surface area contributed by atoms with Crippen molar-refractivity contribution in [2.24, 2.45) is 10.9 Å². The second-order valence-corrected chi connectivity index (χ2v) is 7.39. The second-order valence-electron chi connectivity index (χ2n) is 6.30. The van der Waals surface area contributed by atoms with Gasteiger partial charge in [0.15, 0.2) is 0 Å². The molecule has 0 spiro atoms. The Morgan fingerprint density at radius 3 is 2.72 bits per heavy atom. The number of carbonyl (C=O) groups is 1. The fourth-order valence-corrected chi connectivity index (χ4v) is 4.10. The van der Waals surface area contributed by atoms with E-state index in [0.29, 0.717) is 22.2 Å². The van der Waals surface area contributed by atoms with Crippen LogP contribution in [0, 0.1) is 12.8 Å². The molecule has 1 aliphatic carbocycles. The van der Waals surface area contributed by atoms with Gasteiger partial charge in [-0.2, -0.15) is 13.2 Å². The Balaban J connectivity index is 1.51. The SMILES string of the molecule is Cc1c(-c2ccc(C(=O)N[C@@H]3CN=C4CC3C4)s2)noc1C(F)(F)F. The smallest absolute Gasteiger partial charge is 0.351 e. The first-order chi connectivity index (χ1) is 11.8. The maximum Gasteiger partial charge on any atom is 0.452 e. The van der Waals surface area contributed by atoms with Crippen molar-refractivity contribution in [3.63, 3.8) is 0 Å². The monoisotopic (exact) mass is 369 g/mol. The molecule has 1 saturated carbocycles. The molecule has 1 atom stereocenters. The molecule has 2 aliphatic heterocycles. The predicted molar refractivity (Wildman–Crippen MR) is 85.8 cm³/mol. The Labute approximate surface area is 144 Å². The summed E-state index contributed by atoms with van der Waals surface area (Å²) >= 11 is 1.10. The standard InChI is InChI=1S/C16H14F3N3O2S/c1-7-13(22-24-14(7)16(17,18)19)11-2-3-12(25-11)15(23)21-10-6-20-9-4-8(10)5-9/h2-3,8,10H,4-6H2,1H3,(H,21,23)/t10-/m1/s1. The first-order valence-corrected chi connectivity index (χ1v) is 8.61. The summed E-state index contributed by atoms with van der Waals surface area (Å²) in [5, 5.41) is 6.50. The van der Waals surface area contributed by atoms with Crippen LogP contribution in [-0.2, 0) is 6.18 Å². The van der Waals surface area contributed by atoms with Crippen molar-refractivity contribution in [3.8, 4) is 10.6 Å². The maximum absolute atomic E-state index is 12.8. The lowest BCUT2D eigenvalue weighted by Gasteiger charge is -2.39. The number of rotatable bonds is 3. The predicted octanol–water partition coefficient (Wildman–Crippen LogP) is 3.69. The minimum Gasteiger partial charge on any atom is -0.351 e. The number of alkyl halides is 3. The number of nitrogens with zero attached hydrogens (tertiary/aromatic N) is 2. The van der Waals surface area contributed by atoms with E-state index in [0.717, 1.165) is 24.2 Å². The van der Waals surface area contributed by atoms with Gasteiger partial charge in [-0.1, -0.05) is 5.16 Å². The normalized spacial score (nSPS) is 22.3. The van der Waals surface area contributed by atoms with Gasteiger partial charge in [-0.15, -0.1) is 11.3 Å². The lowest BCUT2D eigenvalue weighted by molar-refractivity contribution is -0.156. The Kier molecular flexibility index (Phi) is 3.71. The molecule has 9 heteroatoms. The molecule has 2 bridgehead atoms. The molecule has 5 nitrogen and oxygen atoms in total. The Morgan fingerprint density at radius 1 is 1.36 bits per heavy atom. The van der Waals surface area contributed by atoms with Gasteiger partial charge in [0.2, 0.25) is 5.76 Å².